The molecule has 5 nitrogen and oxygen atoms in total. The number of hydrogen-bond acceptors (Lipinski definition) is 3. The van der Waals surface area contributed by atoms with Crippen LogP contribution in [0.2, 0.25) is 0 Å². The number of anilines is 1. The third-order valence-electron chi connectivity index (χ3n) is 3.62. The van der Waals surface area contributed by atoms with E-state index in [0.717, 1.165) is 11.3 Å². The Kier molecular flexibility index (Phi) is 6.97. The molecule has 0 saturated carbocycles. The fraction of sp³-hybridized carbons (Fsp3) is 0.238. The number of benzene rings is 2. The molecule has 26 heavy (non-hydrogen) atoms. The van der Waals surface area contributed by atoms with Gasteiger partial charge in [0.1, 0.15) is 5.75 Å². The molecule has 0 bridgehead atoms. The molecule has 0 radical (unpaired) electrons. The SMILES string of the molecule is COc1cccc(/C=C/C(=O)Nc2ccccc2C(=O)NCC(C)C)c1. The second-order valence-corrected chi connectivity index (χ2v) is 6.25. The summed E-state index contributed by atoms with van der Waals surface area (Å²) in [5.41, 5.74) is 1.77. The molecule has 2 amide bonds. The van der Waals surface area contributed by atoms with Crippen LogP contribution in [-0.2, 0) is 4.79 Å². The first-order valence-electron chi connectivity index (χ1n) is 8.50. The average molecular weight is 352 g/mol. The Morgan fingerprint density at radius 1 is 1.12 bits per heavy atom. The smallest absolute Gasteiger partial charge is 0.253 e. The molecule has 0 aliphatic carbocycles. The van der Waals surface area contributed by atoms with Crippen LogP contribution in [-0.4, -0.2) is 25.5 Å². The van der Waals surface area contributed by atoms with Crippen LogP contribution >= 0.6 is 0 Å². The van der Waals surface area contributed by atoms with E-state index in [-0.39, 0.29) is 11.8 Å². The van der Waals surface area contributed by atoms with Gasteiger partial charge in [0.15, 0.2) is 0 Å². The molecular formula is C21H24N2O3. The van der Waals surface area contributed by atoms with Crippen LogP contribution in [0.1, 0.15) is 29.8 Å². The minimum atomic E-state index is -0.308. The molecule has 0 fully saturated rings. The molecule has 0 aliphatic rings. The number of ether oxygens (including phenoxy) is 1. The highest BCUT2D eigenvalue weighted by molar-refractivity contribution is 6.07. The van der Waals surface area contributed by atoms with Gasteiger partial charge < -0.3 is 15.4 Å². The van der Waals surface area contributed by atoms with Gasteiger partial charge in [-0.15, -0.1) is 0 Å². The zero-order valence-electron chi connectivity index (χ0n) is 15.3. The van der Waals surface area contributed by atoms with Crippen LogP contribution in [0.3, 0.4) is 0 Å². The van der Waals surface area contributed by atoms with E-state index in [4.69, 9.17) is 4.74 Å². The predicted molar refractivity (Wildman–Crippen MR) is 104 cm³/mol. The van der Waals surface area contributed by atoms with E-state index in [9.17, 15) is 9.59 Å². The summed E-state index contributed by atoms with van der Waals surface area (Å²) in [6, 6.07) is 14.3. The van der Waals surface area contributed by atoms with Gasteiger partial charge in [0.25, 0.3) is 5.91 Å². The second kappa shape index (κ2) is 9.42. The van der Waals surface area contributed by atoms with Crippen LogP contribution in [0, 0.1) is 5.92 Å². The van der Waals surface area contributed by atoms with Crippen molar-refractivity contribution in [2.24, 2.45) is 5.92 Å². The number of para-hydroxylation sites is 1. The molecule has 2 aromatic carbocycles. The first-order chi connectivity index (χ1) is 12.5. The van der Waals surface area contributed by atoms with E-state index in [0.29, 0.717) is 23.7 Å². The number of carbonyl (C=O) groups excluding carboxylic acids is 2. The first-order valence-corrected chi connectivity index (χ1v) is 8.50. The summed E-state index contributed by atoms with van der Waals surface area (Å²) in [5, 5.41) is 5.62. The molecule has 0 aliphatic heterocycles. The zero-order chi connectivity index (χ0) is 18.9. The maximum atomic E-state index is 12.3. The van der Waals surface area contributed by atoms with Gasteiger partial charge in [-0.05, 0) is 41.8 Å². The van der Waals surface area contributed by atoms with Crippen LogP contribution in [0.15, 0.2) is 54.6 Å². The summed E-state index contributed by atoms with van der Waals surface area (Å²) in [4.78, 5) is 24.5. The minimum absolute atomic E-state index is 0.202. The van der Waals surface area contributed by atoms with Crippen LogP contribution in [0.25, 0.3) is 6.08 Å². The number of amides is 2. The van der Waals surface area contributed by atoms with Crippen molar-refractivity contribution in [1.29, 1.82) is 0 Å². The lowest BCUT2D eigenvalue weighted by atomic mass is 10.1. The van der Waals surface area contributed by atoms with Crippen molar-refractivity contribution in [2.75, 3.05) is 19.0 Å². The molecule has 2 aromatic rings. The van der Waals surface area contributed by atoms with Crippen molar-refractivity contribution in [3.63, 3.8) is 0 Å². The van der Waals surface area contributed by atoms with Gasteiger partial charge in [-0.1, -0.05) is 38.1 Å². The first kappa shape index (κ1) is 19.2. The van der Waals surface area contributed by atoms with Crippen molar-refractivity contribution in [3.05, 3.63) is 65.7 Å². The average Bonchev–Trinajstić information content (AvgIpc) is 2.65. The second-order valence-electron chi connectivity index (χ2n) is 6.25. The molecule has 0 atom stereocenters. The summed E-state index contributed by atoms with van der Waals surface area (Å²) in [6.07, 6.45) is 3.12. The van der Waals surface area contributed by atoms with Crippen LogP contribution in [0.5, 0.6) is 5.75 Å². The predicted octanol–water partition coefficient (Wildman–Crippen LogP) is 3.73. The third kappa shape index (κ3) is 5.77. The molecule has 0 spiro atoms. The van der Waals surface area contributed by atoms with Crippen molar-refractivity contribution in [2.45, 2.75) is 13.8 Å². The Bertz CT molecular complexity index is 797. The van der Waals surface area contributed by atoms with Crippen LogP contribution < -0.4 is 15.4 Å². The van der Waals surface area contributed by atoms with Gasteiger partial charge >= 0.3 is 0 Å². The lowest BCUT2D eigenvalue weighted by molar-refractivity contribution is -0.111. The fourth-order valence-corrected chi connectivity index (χ4v) is 2.27. The Morgan fingerprint density at radius 2 is 1.88 bits per heavy atom. The van der Waals surface area contributed by atoms with E-state index >= 15 is 0 Å². The topological polar surface area (TPSA) is 67.4 Å². The highest BCUT2D eigenvalue weighted by atomic mass is 16.5. The molecule has 2 N–H and O–H groups in total. The van der Waals surface area contributed by atoms with Crippen molar-refractivity contribution >= 4 is 23.6 Å². The fourth-order valence-electron chi connectivity index (χ4n) is 2.27. The molecule has 2 rings (SSSR count). The number of rotatable bonds is 7. The van der Waals surface area contributed by atoms with Gasteiger partial charge in [0.05, 0.1) is 18.4 Å². The quantitative estimate of drug-likeness (QED) is 0.746. The third-order valence-corrected chi connectivity index (χ3v) is 3.62. The van der Waals surface area contributed by atoms with Crippen molar-refractivity contribution in [3.8, 4) is 5.75 Å². The highest BCUT2D eigenvalue weighted by Gasteiger charge is 2.12. The Morgan fingerprint density at radius 3 is 2.62 bits per heavy atom. The van der Waals surface area contributed by atoms with Gasteiger partial charge in [0.2, 0.25) is 5.91 Å². The molecule has 136 valence electrons. The molecule has 5 heteroatoms. The van der Waals surface area contributed by atoms with Gasteiger partial charge in [-0.25, -0.2) is 0 Å². The summed E-state index contributed by atoms with van der Waals surface area (Å²) in [5.74, 6) is 0.564. The monoisotopic (exact) mass is 352 g/mol. The lowest BCUT2D eigenvalue weighted by Gasteiger charge is -2.11. The van der Waals surface area contributed by atoms with E-state index < -0.39 is 0 Å². The molecule has 0 aromatic heterocycles. The number of carbonyl (C=O) groups is 2. The summed E-state index contributed by atoms with van der Waals surface area (Å²) in [6.45, 7) is 4.63. The zero-order valence-corrected chi connectivity index (χ0v) is 15.3. The molecule has 0 unspecified atom stereocenters. The largest absolute Gasteiger partial charge is 0.497 e. The van der Waals surface area contributed by atoms with Crippen molar-refractivity contribution in [1.82, 2.24) is 5.32 Å². The molecule has 0 heterocycles. The normalized spacial score (nSPS) is 10.8. The van der Waals surface area contributed by atoms with E-state index in [1.807, 2.05) is 38.1 Å². The van der Waals surface area contributed by atoms with E-state index in [1.165, 1.54) is 6.08 Å². The maximum Gasteiger partial charge on any atom is 0.253 e. The van der Waals surface area contributed by atoms with Gasteiger partial charge in [-0.2, -0.15) is 0 Å². The number of nitrogens with one attached hydrogen (secondary N) is 2. The maximum absolute atomic E-state index is 12.3. The van der Waals surface area contributed by atoms with Gasteiger partial charge in [0, 0.05) is 12.6 Å². The standard InChI is InChI=1S/C21H24N2O3/c1-15(2)14-22-21(25)18-9-4-5-10-19(18)23-20(24)12-11-16-7-6-8-17(13-16)26-3/h4-13,15H,14H2,1-3H3,(H,22,25)(H,23,24)/b12-11+. The Labute approximate surface area is 154 Å². The lowest BCUT2D eigenvalue weighted by Crippen LogP contribution is -2.28. The summed E-state index contributed by atoms with van der Waals surface area (Å²) >= 11 is 0. The summed E-state index contributed by atoms with van der Waals surface area (Å²) in [7, 11) is 1.59. The Balaban J connectivity index is 2.06. The molecule has 0 saturated heterocycles. The molecular weight excluding hydrogens is 328 g/mol. The van der Waals surface area contributed by atoms with Gasteiger partial charge in [-0.3, -0.25) is 9.59 Å². The van der Waals surface area contributed by atoms with E-state index in [2.05, 4.69) is 10.6 Å². The van der Waals surface area contributed by atoms with Crippen molar-refractivity contribution < 1.29 is 14.3 Å². The summed E-state index contributed by atoms with van der Waals surface area (Å²) < 4.78 is 5.16. The van der Waals surface area contributed by atoms with Crippen LogP contribution in [0.4, 0.5) is 5.69 Å². The number of methoxy groups -OCH3 is 1. The number of hydrogen-bond donors (Lipinski definition) is 2. The minimum Gasteiger partial charge on any atom is -0.497 e. The van der Waals surface area contributed by atoms with E-state index in [1.54, 1.807) is 37.5 Å². The highest BCUT2D eigenvalue weighted by Crippen LogP contribution is 2.16. The Hall–Kier alpha value is -3.08.